The number of halogens is 1. The van der Waals surface area contributed by atoms with Crippen molar-refractivity contribution in [2.45, 2.75) is 25.0 Å². The highest BCUT2D eigenvalue weighted by molar-refractivity contribution is 6.34. The molecule has 2 atom stereocenters. The predicted molar refractivity (Wildman–Crippen MR) is 62.7 cm³/mol. The summed E-state index contributed by atoms with van der Waals surface area (Å²) in [4.78, 5) is 12.1. The van der Waals surface area contributed by atoms with Crippen LogP contribution in [0.4, 0.5) is 0 Å². The maximum absolute atomic E-state index is 12.1. The van der Waals surface area contributed by atoms with Crippen LogP contribution in [-0.2, 0) is 4.74 Å². The van der Waals surface area contributed by atoms with Crippen LogP contribution in [0.1, 0.15) is 23.2 Å². The van der Waals surface area contributed by atoms with Crippen molar-refractivity contribution < 1.29 is 9.53 Å². The smallest absolute Gasteiger partial charge is 0.193 e. The molecule has 1 fully saturated rings. The molecule has 2 rings (SSSR count). The van der Waals surface area contributed by atoms with Crippen LogP contribution in [0.3, 0.4) is 0 Å². The van der Waals surface area contributed by atoms with Crippen molar-refractivity contribution in [3.05, 3.63) is 34.9 Å². The zero-order chi connectivity index (χ0) is 11.5. The van der Waals surface area contributed by atoms with Gasteiger partial charge in [0, 0.05) is 12.1 Å². The average Bonchev–Trinajstić information content (AvgIpc) is 2.77. The predicted octanol–water partition coefficient (Wildman–Crippen LogP) is 2.03. The fourth-order valence-corrected chi connectivity index (χ4v) is 2.14. The second kappa shape index (κ2) is 4.95. The summed E-state index contributed by atoms with van der Waals surface area (Å²) in [5.41, 5.74) is 6.04. The molecule has 3 nitrogen and oxygen atoms in total. The molecule has 1 heterocycles. The fraction of sp³-hybridized carbons (Fsp3) is 0.417. The molecule has 0 saturated carbocycles. The van der Waals surface area contributed by atoms with Crippen LogP contribution in [-0.4, -0.2) is 24.5 Å². The quantitative estimate of drug-likeness (QED) is 0.822. The number of carbonyl (C=O) groups excluding carboxylic acids is 1. The van der Waals surface area contributed by atoms with Gasteiger partial charge in [0.05, 0.1) is 11.1 Å². The molecule has 0 aromatic heterocycles. The second-order valence-corrected chi connectivity index (χ2v) is 4.31. The lowest BCUT2D eigenvalue weighted by molar-refractivity contribution is 0.0404. The molecule has 1 saturated heterocycles. The third-order valence-corrected chi connectivity index (χ3v) is 3.13. The number of Topliss-reactive ketones (excluding diaryl/α,β-unsaturated/α-hetero) is 1. The van der Waals surface area contributed by atoms with E-state index < -0.39 is 0 Å². The Morgan fingerprint density at radius 1 is 1.44 bits per heavy atom. The van der Waals surface area contributed by atoms with E-state index in [2.05, 4.69) is 0 Å². The Morgan fingerprint density at radius 2 is 2.19 bits per heavy atom. The Hall–Kier alpha value is -0.900. The number of benzene rings is 1. The molecule has 2 unspecified atom stereocenters. The van der Waals surface area contributed by atoms with Crippen molar-refractivity contribution >= 4 is 17.4 Å². The Bertz CT molecular complexity index is 394. The Kier molecular flexibility index (Phi) is 3.59. The third kappa shape index (κ3) is 2.26. The zero-order valence-electron chi connectivity index (χ0n) is 8.86. The van der Waals surface area contributed by atoms with Crippen molar-refractivity contribution in [3.8, 4) is 0 Å². The van der Waals surface area contributed by atoms with Gasteiger partial charge >= 0.3 is 0 Å². The van der Waals surface area contributed by atoms with Gasteiger partial charge in [0.1, 0.15) is 6.10 Å². The van der Waals surface area contributed by atoms with Gasteiger partial charge in [-0.15, -0.1) is 0 Å². The Morgan fingerprint density at radius 3 is 2.81 bits per heavy atom. The molecule has 2 N–H and O–H groups in total. The minimum atomic E-state index is -0.381. The van der Waals surface area contributed by atoms with Crippen molar-refractivity contribution in [1.29, 1.82) is 0 Å². The minimum Gasteiger partial charge on any atom is -0.366 e. The van der Waals surface area contributed by atoms with Crippen molar-refractivity contribution in [1.82, 2.24) is 0 Å². The standard InChI is InChI=1S/C12H14ClNO2/c13-10-4-2-1-3-9(10)12(15)11-6-5-8(7-14)16-11/h1-4,8,11H,5-7,14H2. The maximum Gasteiger partial charge on any atom is 0.193 e. The van der Waals surface area contributed by atoms with Gasteiger partial charge in [-0.1, -0.05) is 23.7 Å². The van der Waals surface area contributed by atoms with Gasteiger partial charge < -0.3 is 10.5 Å². The van der Waals surface area contributed by atoms with E-state index in [9.17, 15) is 4.79 Å². The van der Waals surface area contributed by atoms with E-state index >= 15 is 0 Å². The Labute approximate surface area is 99.5 Å². The lowest BCUT2D eigenvalue weighted by Crippen LogP contribution is -2.25. The summed E-state index contributed by atoms with van der Waals surface area (Å²) in [6, 6.07) is 7.04. The van der Waals surface area contributed by atoms with Crippen LogP contribution < -0.4 is 5.73 Å². The number of hydrogen-bond donors (Lipinski definition) is 1. The highest BCUT2D eigenvalue weighted by Gasteiger charge is 2.31. The van der Waals surface area contributed by atoms with Crippen LogP contribution in [0.5, 0.6) is 0 Å². The number of hydrogen-bond acceptors (Lipinski definition) is 3. The number of ketones is 1. The molecule has 0 bridgehead atoms. The number of carbonyl (C=O) groups is 1. The summed E-state index contributed by atoms with van der Waals surface area (Å²) in [6.07, 6.45) is 1.20. The monoisotopic (exact) mass is 239 g/mol. The second-order valence-electron chi connectivity index (χ2n) is 3.90. The topological polar surface area (TPSA) is 52.3 Å². The van der Waals surface area contributed by atoms with E-state index in [-0.39, 0.29) is 18.0 Å². The summed E-state index contributed by atoms with van der Waals surface area (Å²) in [6.45, 7) is 0.465. The van der Waals surface area contributed by atoms with E-state index in [0.717, 1.165) is 12.8 Å². The van der Waals surface area contributed by atoms with Gasteiger partial charge in [-0.2, -0.15) is 0 Å². The lowest BCUT2D eigenvalue weighted by atomic mass is 10.0. The summed E-state index contributed by atoms with van der Waals surface area (Å²) in [7, 11) is 0. The van der Waals surface area contributed by atoms with Crippen LogP contribution in [0.25, 0.3) is 0 Å². The number of nitrogens with two attached hydrogens (primary N) is 1. The molecule has 1 aliphatic rings. The molecule has 16 heavy (non-hydrogen) atoms. The molecule has 1 aromatic carbocycles. The molecular weight excluding hydrogens is 226 g/mol. The third-order valence-electron chi connectivity index (χ3n) is 2.80. The first kappa shape index (κ1) is 11.6. The molecule has 0 spiro atoms. The summed E-state index contributed by atoms with van der Waals surface area (Å²) in [5, 5.41) is 0.479. The Balaban J connectivity index is 2.12. The van der Waals surface area contributed by atoms with E-state index in [4.69, 9.17) is 22.1 Å². The largest absolute Gasteiger partial charge is 0.366 e. The average molecular weight is 240 g/mol. The molecule has 86 valence electrons. The molecule has 0 amide bonds. The van der Waals surface area contributed by atoms with Crippen LogP contribution in [0, 0.1) is 0 Å². The SMILES string of the molecule is NCC1CCC(C(=O)c2ccccc2Cl)O1. The molecule has 1 aromatic rings. The molecular formula is C12H14ClNO2. The van der Waals surface area contributed by atoms with Gasteiger partial charge in [0.25, 0.3) is 0 Å². The van der Waals surface area contributed by atoms with Gasteiger partial charge in [0.15, 0.2) is 5.78 Å². The first-order chi connectivity index (χ1) is 7.72. The van der Waals surface area contributed by atoms with Crippen molar-refractivity contribution in [2.24, 2.45) is 5.73 Å². The van der Waals surface area contributed by atoms with Gasteiger partial charge in [-0.25, -0.2) is 0 Å². The zero-order valence-corrected chi connectivity index (χ0v) is 9.61. The molecule has 4 heteroatoms. The number of ether oxygens (including phenoxy) is 1. The summed E-state index contributed by atoms with van der Waals surface area (Å²) < 4.78 is 5.55. The van der Waals surface area contributed by atoms with E-state index in [0.29, 0.717) is 17.1 Å². The van der Waals surface area contributed by atoms with Crippen LogP contribution >= 0.6 is 11.6 Å². The highest BCUT2D eigenvalue weighted by Crippen LogP contribution is 2.25. The maximum atomic E-state index is 12.1. The van der Waals surface area contributed by atoms with Crippen LogP contribution in [0.15, 0.2) is 24.3 Å². The lowest BCUT2D eigenvalue weighted by Gasteiger charge is -2.12. The van der Waals surface area contributed by atoms with Gasteiger partial charge in [-0.3, -0.25) is 4.79 Å². The fourth-order valence-electron chi connectivity index (χ4n) is 1.91. The summed E-state index contributed by atoms with van der Waals surface area (Å²) >= 11 is 5.97. The first-order valence-corrected chi connectivity index (χ1v) is 5.74. The molecule has 1 aliphatic heterocycles. The van der Waals surface area contributed by atoms with Crippen molar-refractivity contribution in [2.75, 3.05) is 6.54 Å². The molecule has 0 aliphatic carbocycles. The van der Waals surface area contributed by atoms with Crippen molar-refractivity contribution in [3.63, 3.8) is 0 Å². The first-order valence-electron chi connectivity index (χ1n) is 5.36. The van der Waals surface area contributed by atoms with Crippen LogP contribution in [0.2, 0.25) is 5.02 Å². The number of rotatable bonds is 3. The normalized spacial score (nSPS) is 24.6. The summed E-state index contributed by atoms with van der Waals surface area (Å²) in [5.74, 6) is -0.0402. The van der Waals surface area contributed by atoms with Gasteiger partial charge in [-0.05, 0) is 25.0 Å². The molecule has 0 radical (unpaired) electrons. The van der Waals surface area contributed by atoms with E-state index in [1.165, 1.54) is 0 Å². The minimum absolute atomic E-state index is 0.0106. The van der Waals surface area contributed by atoms with E-state index in [1.807, 2.05) is 0 Å². The van der Waals surface area contributed by atoms with Gasteiger partial charge in [0.2, 0.25) is 0 Å². The highest BCUT2D eigenvalue weighted by atomic mass is 35.5. The van der Waals surface area contributed by atoms with E-state index in [1.54, 1.807) is 24.3 Å².